The van der Waals surface area contributed by atoms with Gasteiger partial charge in [-0.05, 0) is 106 Å². The topological polar surface area (TPSA) is 94.8 Å². The zero-order valence-electron chi connectivity index (χ0n) is 25.2. The van der Waals surface area contributed by atoms with E-state index < -0.39 is 0 Å². The van der Waals surface area contributed by atoms with Gasteiger partial charge < -0.3 is 14.8 Å². The van der Waals surface area contributed by atoms with Crippen molar-refractivity contribution >= 4 is 44.6 Å². The summed E-state index contributed by atoms with van der Waals surface area (Å²) < 4.78 is 13.4. The first-order valence-corrected chi connectivity index (χ1v) is 15.0. The van der Waals surface area contributed by atoms with Crippen molar-refractivity contribution in [2.24, 2.45) is 5.10 Å². The quantitative estimate of drug-likeness (QED) is 0.167. The standard InChI is InChI=1S/C35H33BrN4O4/c1-21(2)26-18-27(23(4)16-32(26)43-5)34-39-30-13-9-7-11-25(30)35(42)40(34)37-19-24-14-15-31(28(36)17-24)44-20-33(41)38-29-12-8-6-10-22(29)3/h6-19,21H,20H2,1-5H3,(H,38,41). The second-order valence-electron chi connectivity index (χ2n) is 10.7. The van der Waals surface area contributed by atoms with Crippen LogP contribution in [0.1, 0.15) is 42.0 Å². The van der Waals surface area contributed by atoms with Gasteiger partial charge in [0.15, 0.2) is 12.4 Å². The largest absolute Gasteiger partial charge is 0.496 e. The van der Waals surface area contributed by atoms with Crippen molar-refractivity contribution in [1.29, 1.82) is 0 Å². The van der Waals surface area contributed by atoms with Gasteiger partial charge in [0.05, 0.1) is 28.7 Å². The monoisotopic (exact) mass is 652 g/mol. The lowest BCUT2D eigenvalue weighted by Gasteiger charge is -2.17. The van der Waals surface area contributed by atoms with Gasteiger partial charge in [0.25, 0.3) is 11.5 Å². The molecule has 0 bridgehead atoms. The third kappa shape index (κ3) is 6.58. The predicted octanol–water partition coefficient (Wildman–Crippen LogP) is 7.47. The number of ether oxygens (including phenoxy) is 2. The van der Waals surface area contributed by atoms with E-state index in [1.165, 1.54) is 4.68 Å². The van der Waals surface area contributed by atoms with Gasteiger partial charge in [0, 0.05) is 11.3 Å². The Labute approximate surface area is 264 Å². The number of rotatable bonds is 9. The van der Waals surface area contributed by atoms with Gasteiger partial charge in [-0.3, -0.25) is 9.59 Å². The van der Waals surface area contributed by atoms with Crippen LogP contribution >= 0.6 is 15.9 Å². The molecule has 5 aromatic rings. The minimum absolute atomic E-state index is 0.151. The average molecular weight is 654 g/mol. The Morgan fingerprint density at radius 3 is 2.48 bits per heavy atom. The van der Waals surface area contributed by atoms with Crippen molar-refractivity contribution in [3.05, 3.63) is 116 Å². The molecular formula is C35H33BrN4O4. The summed E-state index contributed by atoms with van der Waals surface area (Å²) in [7, 11) is 1.66. The maximum absolute atomic E-state index is 13.7. The smallest absolute Gasteiger partial charge is 0.282 e. The number of carbonyl (C=O) groups is 1. The first-order chi connectivity index (χ1) is 21.2. The van der Waals surface area contributed by atoms with Crippen molar-refractivity contribution in [1.82, 2.24) is 9.66 Å². The number of fused-ring (bicyclic) bond motifs is 1. The van der Waals surface area contributed by atoms with Crippen LogP contribution in [0.2, 0.25) is 0 Å². The van der Waals surface area contributed by atoms with Crippen LogP contribution < -0.4 is 20.3 Å². The number of carbonyl (C=O) groups excluding carboxylic acids is 1. The number of anilines is 1. The van der Waals surface area contributed by atoms with E-state index >= 15 is 0 Å². The molecule has 0 aliphatic carbocycles. The zero-order chi connectivity index (χ0) is 31.4. The summed E-state index contributed by atoms with van der Waals surface area (Å²) >= 11 is 3.53. The van der Waals surface area contributed by atoms with E-state index in [9.17, 15) is 9.59 Å². The molecule has 1 heterocycles. The molecule has 44 heavy (non-hydrogen) atoms. The summed E-state index contributed by atoms with van der Waals surface area (Å²) in [5.41, 5.74) is 5.47. The Balaban J connectivity index is 1.45. The van der Waals surface area contributed by atoms with Gasteiger partial charge in [0.1, 0.15) is 11.5 Å². The number of hydrogen-bond acceptors (Lipinski definition) is 6. The molecule has 8 nitrogen and oxygen atoms in total. The van der Waals surface area contributed by atoms with Crippen LogP contribution in [0.15, 0.2) is 93.2 Å². The highest BCUT2D eigenvalue weighted by atomic mass is 79.9. The lowest BCUT2D eigenvalue weighted by Crippen LogP contribution is -2.21. The van der Waals surface area contributed by atoms with Gasteiger partial charge in [-0.2, -0.15) is 9.78 Å². The lowest BCUT2D eigenvalue weighted by atomic mass is 9.96. The minimum atomic E-state index is -0.276. The van der Waals surface area contributed by atoms with Crippen molar-refractivity contribution in [3.8, 4) is 22.9 Å². The van der Waals surface area contributed by atoms with Crippen LogP contribution in [0.3, 0.4) is 0 Å². The molecule has 1 N–H and O–H groups in total. The number of methoxy groups -OCH3 is 1. The van der Waals surface area contributed by atoms with Gasteiger partial charge in [0.2, 0.25) is 0 Å². The number of hydrogen-bond donors (Lipinski definition) is 1. The summed E-state index contributed by atoms with van der Waals surface area (Å²) in [4.78, 5) is 31.1. The lowest BCUT2D eigenvalue weighted by molar-refractivity contribution is -0.118. The molecule has 9 heteroatoms. The molecule has 0 spiro atoms. The van der Waals surface area contributed by atoms with Crippen LogP contribution in [-0.2, 0) is 4.79 Å². The van der Waals surface area contributed by atoms with E-state index in [-0.39, 0.29) is 24.0 Å². The van der Waals surface area contributed by atoms with Crippen molar-refractivity contribution in [3.63, 3.8) is 0 Å². The number of aryl methyl sites for hydroxylation is 2. The van der Waals surface area contributed by atoms with Crippen molar-refractivity contribution in [2.45, 2.75) is 33.6 Å². The molecular weight excluding hydrogens is 620 g/mol. The first kappa shape index (κ1) is 30.7. The fourth-order valence-corrected chi connectivity index (χ4v) is 5.36. The molecule has 0 aliphatic heterocycles. The van der Waals surface area contributed by atoms with Gasteiger partial charge in [-0.1, -0.05) is 44.2 Å². The highest BCUT2D eigenvalue weighted by Gasteiger charge is 2.18. The normalized spacial score (nSPS) is 11.3. The molecule has 0 radical (unpaired) electrons. The number of nitrogens with zero attached hydrogens (tertiary/aromatic N) is 3. The van der Waals surface area contributed by atoms with Crippen LogP contribution in [0, 0.1) is 13.8 Å². The van der Waals surface area contributed by atoms with Gasteiger partial charge in [-0.25, -0.2) is 4.98 Å². The summed E-state index contributed by atoms with van der Waals surface area (Å²) in [5.74, 6) is 1.66. The second-order valence-corrected chi connectivity index (χ2v) is 11.6. The molecule has 0 aliphatic rings. The van der Waals surface area contributed by atoms with Gasteiger partial charge in [-0.15, -0.1) is 0 Å². The minimum Gasteiger partial charge on any atom is -0.496 e. The zero-order valence-corrected chi connectivity index (χ0v) is 26.8. The van der Waals surface area contributed by atoms with Crippen LogP contribution in [0.4, 0.5) is 5.69 Å². The van der Waals surface area contributed by atoms with Crippen molar-refractivity contribution < 1.29 is 14.3 Å². The molecule has 4 aromatic carbocycles. The second kappa shape index (κ2) is 13.3. The molecule has 0 unspecified atom stereocenters. The number of aromatic nitrogens is 2. The third-order valence-electron chi connectivity index (χ3n) is 7.25. The molecule has 0 fully saturated rings. The van der Waals surface area contributed by atoms with Crippen molar-refractivity contribution in [2.75, 3.05) is 19.0 Å². The maximum Gasteiger partial charge on any atom is 0.282 e. The van der Waals surface area contributed by atoms with E-state index in [1.54, 1.807) is 31.5 Å². The molecule has 0 saturated carbocycles. The van der Waals surface area contributed by atoms with Crippen LogP contribution in [0.25, 0.3) is 22.3 Å². The van der Waals surface area contributed by atoms with Gasteiger partial charge >= 0.3 is 0 Å². The van der Waals surface area contributed by atoms with E-state index in [0.29, 0.717) is 32.5 Å². The molecule has 1 amide bonds. The SMILES string of the molecule is COc1cc(C)c(-c2nc3ccccc3c(=O)n2N=Cc2ccc(OCC(=O)Nc3ccccc3C)c(Br)c2)cc1C(C)C. The number of nitrogens with one attached hydrogen (secondary N) is 1. The first-order valence-electron chi connectivity index (χ1n) is 14.2. The maximum atomic E-state index is 13.7. The van der Waals surface area contributed by atoms with E-state index in [2.05, 4.69) is 40.2 Å². The number of halogens is 1. The van der Waals surface area contributed by atoms with E-state index in [1.807, 2.05) is 74.5 Å². The Hall–Kier alpha value is -4.76. The molecule has 224 valence electrons. The van der Waals surface area contributed by atoms with E-state index in [0.717, 1.165) is 33.7 Å². The molecule has 5 rings (SSSR count). The number of benzene rings is 4. The summed E-state index contributed by atoms with van der Waals surface area (Å²) in [6.45, 7) is 7.94. The Kier molecular flexibility index (Phi) is 9.25. The summed E-state index contributed by atoms with van der Waals surface area (Å²) in [6.07, 6.45) is 1.60. The Bertz CT molecular complexity index is 1950. The molecule has 0 atom stereocenters. The summed E-state index contributed by atoms with van der Waals surface area (Å²) in [5, 5.41) is 7.95. The average Bonchev–Trinajstić information content (AvgIpc) is 3.01. The number of para-hydroxylation sites is 2. The van der Waals surface area contributed by atoms with Crippen LogP contribution in [-0.4, -0.2) is 35.5 Å². The fourth-order valence-electron chi connectivity index (χ4n) is 4.85. The Morgan fingerprint density at radius 2 is 1.75 bits per heavy atom. The highest BCUT2D eigenvalue weighted by molar-refractivity contribution is 9.10. The Morgan fingerprint density at radius 1 is 1.00 bits per heavy atom. The molecule has 0 saturated heterocycles. The highest BCUT2D eigenvalue weighted by Crippen LogP contribution is 2.34. The van der Waals surface area contributed by atoms with Crippen LogP contribution in [0.5, 0.6) is 11.5 Å². The fraction of sp³-hybridized carbons (Fsp3) is 0.200. The number of amides is 1. The third-order valence-corrected chi connectivity index (χ3v) is 7.87. The summed E-state index contributed by atoms with van der Waals surface area (Å²) in [6, 6.07) is 24.2. The van der Waals surface area contributed by atoms with E-state index in [4.69, 9.17) is 14.5 Å². The molecule has 1 aromatic heterocycles. The predicted molar refractivity (Wildman–Crippen MR) is 179 cm³/mol.